The van der Waals surface area contributed by atoms with Crippen molar-refractivity contribution < 1.29 is 23.8 Å². The zero-order chi connectivity index (χ0) is 23.8. The molecule has 6 heteroatoms. The van der Waals surface area contributed by atoms with Crippen molar-refractivity contribution in [3.8, 4) is 5.75 Å². The fourth-order valence-corrected chi connectivity index (χ4v) is 4.92. The minimum Gasteiger partial charge on any atom is -0.507 e. The highest BCUT2D eigenvalue weighted by molar-refractivity contribution is 6.51. The van der Waals surface area contributed by atoms with Gasteiger partial charge in [-0.3, -0.25) is 14.5 Å². The number of aliphatic hydroxyl groups excluding tert-OH is 1. The van der Waals surface area contributed by atoms with E-state index in [9.17, 15) is 19.1 Å². The number of aryl methyl sites for hydroxylation is 2. The van der Waals surface area contributed by atoms with E-state index in [2.05, 4.69) is 0 Å². The molecule has 1 saturated heterocycles. The largest absolute Gasteiger partial charge is 0.507 e. The van der Waals surface area contributed by atoms with Gasteiger partial charge < -0.3 is 9.84 Å². The summed E-state index contributed by atoms with van der Waals surface area (Å²) in [4.78, 5) is 27.9. The Hall–Kier alpha value is -3.93. The van der Waals surface area contributed by atoms with Crippen molar-refractivity contribution >= 4 is 23.1 Å². The molecule has 1 fully saturated rings. The van der Waals surface area contributed by atoms with E-state index in [0.29, 0.717) is 22.6 Å². The number of amides is 1. The van der Waals surface area contributed by atoms with Crippen LogP contribution in [0, 0.1) is 5.82 Å². The van der Waals surface area contributed by atoms with E-state index >= 15 is 0 Å². The van der Waals surface area contributed by atoms with Crippen molar-refractivity contribution in [2.75, 3.05) is 12.0 Å². The number of carbonyl (C=O) groups is 2. The van der Waals surface area contributed by atoms with Crippen molar-refractivity contribution in [2.24, 2.45) is 0 Å². The maximum atomic E-state index is 13.6. The van der Waals surface area contributed by atoms with Crippen LogP contribution in [0.4, 0.5) is 10.1 Å². The van der Waals surface area contributed by atoms with Crippen LogP contribution in [0.2, 0.25) is 0 Å². The molecule has 1 amide bonds. The fraction of sp³-hybridized carbons (Fsp3) is 0.214. The van der Waals surface area contributed by atoms with Gasteiger partial charge in [0.25, 0.3) is 11.7 Å². The number of aliphatic hydroxyl groups is 1. The number of halogens is 1. The molecule has 5 nitrogen and oxygen atoms in total. The molecule has 1 N–H and O–H groups in total. The summed E-state index contributed by atoms with van der Waals surface area (Å²) in [5.41, 5.74) is 3.77. The number of benzene rings is 3. The van der Waals surface area contributed by atoms with Gasteiger partial charge in [0.1, 0.15) is 17.3 Å². The predicted molar refractivity (Wildman–Crippen MR) is 127 cm³/mol. The molecule has 3 aromatic rings. The van der Waals surface area contributed by atoms with E-state index in [4.69, 9.17) is 4.74 Å². The number of methoxy groups -OCH3 is 1. The van der Waals surface area contributed by atoms with Crippen LogP contribution in [0.25, 0.3) is 5.76 Å². The predicted octanol–water partition coefficient (Wildman–Crippen LogP) is 5.34. The number of para-hydroxylation sites is 1. The van der Waals surface area contributed by atoms with Crippen LogP contribution in [0.1, 0.15) is 41.1 Å². The monoisotopic (exact) mass is 457 g/mol. The summed E-state index contributed by atoms with van der Waals surface area (Å²) in [5, 5.41) is 11.4. The Labute approximate surface area is 197 Å². The number of ketones is 1. The van der Waals surface area contributed by atoms with Crippen LogP contribution in [0.5, 0.6) is 5.75 Å². The Morgan fingerprint density at radius 3 is 2.41 bits per heavy atom. The van der Waals surface area contributed by atoms with E-state index < -0.39 is 23.5 Å². The lowest BCUT2D eigenvalue weighted by atomic mass is 9.88. The zero-order valence-electron chi connectivity index (χ0n) is 18.8. The SMILES string of the molecule is COc1ccccc1C1/C(=C(\O)c2ccc3c(c2)CCCC3)C(=O)C(=O)N1c1ccc(F)cc1. The number of hydrogen-bond acceptors (Lipinski definition) is 4. The van der Waals surface area contributed by atoms with Gasteiger partial charge in [-0.15, -0.1) is 0 Å². The fourth-order valence-electron chi connectivity index (χ4n) is 4.92. The Balaban J connectivity index is 1.72. The van der Waals surface area contributed by atoms with Gasteiger partial charge in [-0.1, -0.05) is 30.3 Å². The standard InChI is InChI=1S/C28H24FNO4/c1-34-23-9-5-4-8-22(23)25-24(26(31)19-11-10-17-6-2-3-7-18(17)16-19)27(32)28(33)30(25)21-14-12-20(29)13-15-21/h4-5,8-16,25,31H,2-3,6-7H2,1H3/b26-24+. The molecule has 0 aromatic heterocycles. The quantitative estimate of drug-likeness (QED) is 0.326. The molecule has 1 atom stereocenters. The highest BCUT2D eigenvalue weighted by Gasteiger charge is 2.48. The molecule has 1 aliphatic carbocycles. The highest BCUT2D eigenvalue weighted by Crippen LogP contribution is 2.45. The van der Waals surface area contributed by atoms with E-state index in [-0.39, 0.29) is 11.3 Å². The van der Waals surface area contributed by atoms with Crippen molar-refractivity contribution in [2.45, 2.75) is 31.7 Å². The Bertz CT molecular complexity index is 1310. The lowest BCUT2D eigenvalue weighted by molar-refractivity contribution is -0.132. The highest BCUT2D eigenvalue weighted by atomic mass is 19.1. The zero-order valence-corrected chi connectivity index (χ0v) is 18.8. The minimum absolute atomic E-state index is 0.0189. The Morgan fingerprint density at radius 1 is 0.971 bits per heavy atom. The first kappa shape index (κ1) is 21.9. The van der Waals surface area contributed by atoms with Crippen LogP contribution in [-0.4, -0.2) is 23.9 Å². The first-order chi connectivity index (χ1) is 16.5. The first-order valence-electron chi connectivity index (χ1n) is 11.3. The Kier molecular flexibility index (Phi) is 5.65. The molecule has 0 saturated carbocycles. The number of hydrogen-bond donors (Lipinski definition) is 1. The summed E-state index contributed by atoms with van der Waals surface area (Å²) in [5.74, 6) is -1.80. The van der Waals surface area contributed by atoms with E-state index in [1.165, 1.54) is 41.8 Å². The third kappa shape index (κ3) is 3.65. The molecule has 1 aliphatic heterocycles. The van der Waals surface area contributed by atoms with E-state index in [1.54, 1.807) is 30.3 Å². The van der Waals surface area contributed by atoms with Crippen molar-refractivity contribution in [1.29, 1.82) is 0 Å². The second-order valence-electron chi connectivity index (χ2n) is 8.58. The number of Topliss-reactive ketones (excluding diaryl/α,β-unsaturated/α-hetero) is 1. The topological polar surface area (TPSA) is 66.8 Å². The van der Waals surface area contributed by atoms with E-state index in [1.807, 2.05) is 12.1 Å². The molecule has 34 heavy (non-hydrogen) atoms. The summed E-state index contributed by atoms with van der Waals surface area (Å²) in [6, 6.07) is 17.2. The molecular weight excluding hydrogens is 433 g/mol. The summed E-state index contributed by atoms with van der Waals surface area (Å²) >= 11 is 0. The van der Waals surface area contributed by atoms with Crippen molar-refractivity contribution in [1.82, 2.24) is 0 Å². The van der Waals surface area contributed by atoms with Gasteiger partial charge in [0.15, 0.2) is 0 Å². The number of fused-ring (bicyclic) bond motifs is 1. The maximum absolute atomic E-state index is 13.6. The summed E-state index contributed by atoms with van der Waals surface area (Å²) in [7, 11) is 1.51. The summed E-state index contributed by atoms with van der Waals surface area (Å²) < 4.78 is 19.1. The number of rotatable bonds is 4. The molecule has 1 unspecified atom stereocenters. The van der Waals surface area contributed by atoms with Crippen molar-refractivity contribution in [3.05, 3.63) is 100 Å². The summed E-state index contributed by atoms with van der Waals surface area (Å²) in [6.45, 7) is 0. The van der Waals surface area contributed by atoms with Crippen molar-refractivity contribution in [3.63, 3.8) is 0 Å². The Morgan fingerprint density at radius 2 is 1.68 bits per heavy atom. The third-order valence-corrected chi connectivity index (χ3v) is 6.60. The number of ether oxygens (including phenoxy) is 1. The smallest absolute Gasteiger partial charge is 0.300 e. The second kappa shape index (κ2) is 8.78. The summed E-state index contributed by atoms with van der Waals surface area (Å²) in [6.07, 6.45) is 4.12. The van der Waals surface area contributed by atoms with Crippen LogP contribution in [0.15, 0.2) is 72.3 Å². The molecule has 5 rings (SSSR count). The minimum atomic E-state index is -0.933. The first-order valence-corrected chi connectivity index (χ1v) is 11.3. The molecular formula is C28H24FNO4. The van der Waals surface area contributed by atoms with Gasteiger partial charge in [0.05, 0.1) is 18.7 Å². The van der Waals surface area contributed by atoms with Gasteiger partial charge in [0.2, 0.25) is 0 Å². The molecule has 1 heterocycles. The number of nitrogens with zero attached hydrogens (tertiary/aromatic N) is 1. The molecule has 0 bridgehead atoms. The van der Waals surface area contributed by atoms with Crippen LogP contribution < -0.4 is 9.64 Å². The second-order valence-corrected chi connectivity index (χ2v) is 8.58. The van der Waals surface area contributed by atoms with Gasteiger partial charge >= 0.3 is 0 Å². The van der Waals surface area contributed by atoms with Crippen LogP contribution in [-0.2, 0) is 22.4 Å². The van der Waals surface area contributed by atoms with Gasteiger partial charge in [-0.25, -0.2) is 4.39 Å². The van der Waals surface area contributed by atoms with Gasteiger partial charge in [0, 0.05) is 16.8 Å². The van der Waals surface area contributed by atoms with E-state index in [0.717, 1.165) is 31.2 Å². The third-order valence-electron chi connectivity index (χ3n) is 6.60. The maximum Gasteiger partial charge on any atom is 0.300 e. The molecule has 3 aromatic carbocycles. The van der Waals surface area contributed by atoms with Crippen LogP contribution >= 0.6 is 0 Å². The van der Waals surface area contributed by atoms with Gasteiger partial charge in [-0.2, -0.15) is 0 Å². The average Bonchev–Trinajstić information content (AvgIpc) is 3.13. The lowest BCUT2D eigenvalue weighted by Crippen LogP contribution is -2.29. The molecule has 0 radical (unpaired) electrons. The average molecular weight is 458 g/mol. The lowest BCUT2D eigenvalue weighted by Gasteiger charge is -2.26. The van der Waals surface area contributed by atoms with Crippen LogP contribution in [0.3, 0.4) is 0 Å². The normalized spacial score (nSPS) is 19.2. The molecule has 0 spiro atoms. The number of anilines is 1. The molecule has 2 aliphatic rings. The number of carbonyl (C=O) groups excluding carboxylic acids is 2. The van der Waals surface area contributed by atoms with Gasteiger partial charge in [-0.05, 0) is 73.2 Å². The molecule has 172 valence electrons.